The van der Waals surface area contributed by atoms with Crippen molar-refractivity contribution in [2.75, 3.05) is 27.4 Å². The maximum Gasteiger partial charge on any atom is 1.00 e. The number of para-hydroxylation sites is 4. The summed E-state index contributed by atoms with van der Waals surface area (Å²) in [6.07, 6.45) is 28.4. The Kier molecular flexibility index (Phi) is 26.9. The first-order valence-corrected chi connectivity index (χ1v) is 32.1. The fourth-order valence-electron chi connectivity index (χ4n) is 17.0. The first kappa shape index (κ1) is 69.9. The minimum atomic E-state index is -1.08. The summed E-state index contributed by atoms with van der Waals surface area (Å²) in [5, 5.41) is 13.1. The average molecular weight is 1230 g/mol. The second-order valence-corrected chi connectivity index (χ2v) is 25.4. The molecule has 8 aliphatic rings. The number of fused-ring (bicyclic) bond motifs is 10. The molecule has 4 aromatic rings. The molecule has 8 bridgehead atoms. The number of esters is 2. The van der Waals surface area contributed by atoms with Crippen molar-refractivity contribution in [1.82, 2.24) is 28.9 Å². The Morgan fingerprint density at radius 2 is 0.897 bits per heavy atom. The van der Waals surface area contributed by atoms with Gasteiger partial charge in [-0.3, -0.25) is 33.8 Å². The third-order valence-electron chi connectivity index (χ3n) is 19.9. The number of ketones is 1. The molecule has 8 fully saturated rings. The van der Waals surface area contributed by atoms with Crippen molar-refractivity contribution >= 4 is 63.9 Å². The number of halogens is 1. The van der Waals surface area contributed by atoms with E-state index in [0.29, 0.717) is 54.1 Å². The Bertz CT molecular complexity index is 3050. The molecular weight excluding hydrogens is 1140 g/mol. The number of oxime groups is 1. The van der Waals surface area contributed by atoms with Gasteiger partial charge in [0.25, 0.3) is 11.1 Å². The van der Waals surface area contributed by atoms with Gasteiger partial charge >= 0.3 is 41.5 Å². The molecule has 6 heterocycles. The minimum Gasteiger partial charge on any atom is -0.550 e. The Morgan fingerprint density at radius 1 is 0.540 bits per heavy atom. The molecule has 4 aliphatic carbocycles. The van der Waals surface area contributed by atoms with Crippen molar-refractivity contribution in [1.29, 1.82) is 0 Å². The maximum atomic E-state index is 14.2. The van der Waals surface area contributed by atoms with Crippen LogP contribution in [-0.4, -0.2) is 122 Å². The SMILES string of the molecule is CC(=O)[O-].CCOC(=O)CCC(=NOC)c1nc2ccccc2n(C2C[C@H]3CCC[C@@H](C2)N3C2CC3CCCC(C3)C2)c1=O.CCOC(=O)CCC(=O)c1nc2ccccc2n(C2C[C@H]3CCC[C@@H](C2)N3C2CC3CCCC(C3)C2)c1=O.CON.Cl.[Na+]. The van der Waals surface area contributed by atoms with Crippen molar-refractivity contribution < 1.29 is 73.0 Å². The zero-order valence-corrected chi connectivity index (χ0v) is 55.3. The molecule has 0 amide bonds. The molecule has 6 unspecified atom stereocenters. The molecule has 4 aliphatic heterocycles. The number of aromatic nitrogens is 4. The van der Waals surface area contributed by atoms with Crippen LogP contribution in [0.5, 0.6) is 0 Å². The predicted molar refractivity (Wildman–Crippen MR) is 331 cm³/mol. The molecule has 472 valence electrons. The maximum absolute atomic E-state index is 14.2. The van der Waals surface area contributed by atoms with Gasteiger partial charge in [0.05, 0.1) is 55.2 Å². The molecule has 4 saturated carbocycles. The van der Waals surface area contributed by atoms with Gasteiger partial charge < -0.3 is 38.2 Å². The number of aliphatic carboxylic acids is 1. The smallest absolute Gasteiger partial charge is 0.550 e. The molecule has 0 spiro atoms. The second-order valence-electron chi connectivity index (χ2n) is 25.4. The monoisotopic (exact) mass is 1230 g/mol. The second kappa shape index (κ2) is 33.5. The van der Waals surface area contributed by atoms with Crippen LogP contribution in [0.4, 0.5) is 0 Å². The zero-order valence-electron chi connectivity index (χ0n) is 52.5. The van der Waals surface area contributed by atoms with Gasteiger partial charge in [-0.1, -0.05) is 80.8 Å². The molecule has 0 radical (unpaired) electrons. The number of Topliss-reactive ketones (excluding diaryl/α,β-unsaturated/α-hetero) is 1. The van der Waals surface area contributed by atoms with Crippen LogP contribution in [0.2, 0.25) is 0 Å². The summed E-state index contributed by atoms with van der Waals surface area (Å²) in [5.41, 5.74) is 3.31. The van der Waals surface area contributed by atoms with Crippen LogP contribution in [0.1, 0.15) is 216 Å². The Labute approximate surface area is 541 Å². The number of carboxylic acid groups (broad SMARTS) is 1. The Balaban J connectivity index is 0.000000220. The average Bonchev–Trinajstić information content (AvgIpc) is 1.05. The van der Waals surface area contributed by atoms with Crippen LogP contribution >= 0.6 is 12.4 Å². The quantitative estimate of drug-likeness (QED) is 0.0425. The molecular formula is C66H94ClN8NaO11. The number of carbonyl (C=O) groups is 4. The number of piperidine rings is 4. The van der Waals surface area contributed by atoms with E-state index in [1.807, 2.05) is 57.7 Å². The van der Waals surface area contributed by atoms with E-state index in [1.165, 1.54) is 130 Å². The van der Waals surface area contributed by atoms with Crippen LogP contribution in [0, 0.1) is 23.7 Å². The number of carbonyl (C=O) groups excluding carboxylic acids is 4. The van der Waals surface area contributed by atoms with Crippen LogP contribution in [0.25, 0.3) is 22.1 Å². The molecule has 2 N–H and O–H groups in total. The van der Waals surface area contributed by atoms with Gasteiger partial charge in [0, 0.05) is 67.1 Å². The molecule has 19 nitrogen and oxygen atoms in total. The van der Waals surface area contributed by atoms with Gasteiger partial charge in [0.2, 0.25) is 0 Å². The Morgan fingerprint density at radius 3 is 1.29 bits per heavy atom. The van der Waals surface area contributed by atoms with E-state index < -0.39 is 11.9 Å². The van der Waals surface area contributed by atoms with Crippen LogP contribution in [0.3, 0.4) is 0 Å². The number of benzene rings is 2. The van der Waals surface area contributed by atoms with Crippen molar-refractivity contribution in [3.05, 3.63) is 80.6 Å². The molecule has 10 atom stereocenters. The van der Waals surface area contributed by atoms with Crippen LogP contribution < -0.4 is 51.7 Å². The van der Waals surface area contributed by atoms with E-state index in [2.05, 4.69) is 30.7 Å². The fraction of sp³-hybridized carbons (Fsp3) is 0.682. The van der Waals surface area contributed by atoms with Gasteiger partial charge in [-0.15, -0.1) is 12.4 Å². The summed E-state index contributed by atoms with van der Waals surface area (Å²) in [6, 6.07) is 19.2. The van der Waals surface area contributed by atoms with Crippen LogP contribution in [0.15, 0.2) is 63.3 Å². The van der Waals surface area contributed by atoms with E-state index in [9.17, 15) is 24.0 Å². The normalized spacial score (nSPS) is 28.2. The van der Waals surface area contributed by atoms with Gasteiger partial charge in [-0.2, -0.15) is 0 Å². The van der Waals surface area contributed by atoms with E-state index in [4.69, 9.17) is 29.2 Å². The summed E-state index contributed by atoms with van der Waals surface area (Å²) in [6.45, 7) is 5.09. The van der Waals surface area contributed by atoms with E-state index >= 15 is 0 Å². The standard InChI is InChI=1S/C32H44N4O4.C31H41N3O4.C2H4O2.CH5NO.ClH.Na/c1-3-40-30(37)15-14-28(34-39-2)31-32(38)36(29-13-5-4-12-27(29)33-31)26-19-23-10-7-11-24(20-26)35(23)25-17-21-8-6-9-22(16-21)18-25;1-2-38-29(36)14-13-28(35)30-31(37)34(27-12-4-3-11-26(27)32-30)25-18-22-9-6-10-23(19-25)33(22)24-16-20-7-5-8-21(15-20)17-24;1-2(3)4;1-3-2;;/h4-5,12-13,21-26H,3,6-11,14-20H2,1-2H3;3-4,11-12,20-25H,2,5-10,13-19H2,1H3;1H3,(H,3,4);2H2,1H3;1H;/q;;;;;+1/p-1/t21?,22?,23-,24+,25?,26?;20?,21?,22-,23+,24?,25?;;;;. The molecule has 2 aromatic carbocycles. The van der Waals surface area contributed by atoms with Gasteiger partial charge in [0.15, 0.2) is 17.2 Å². The number of nitrogens with zero attached hydrogens (tertiary/aromatic N) is 7. The fourth-order valence-corrected chi connectivity index (χ4v) is 17.0. The topological polar surface area (TPSA) is 243 Å². The molecule has 21 heteroatoms. The third kappa shape index (κ3) is 17.3. The summed E-state index contributed by atoms with van der Waals surface area (Å²) in [4.78, 5) is 98.0. The van der Waals surface area contributed by atoms with Crippen LogP contribution in [-0.2, 0) is 33.5 Å². The first-order valence-electron chi connectivity index (χ1n) is 32.1. The van der Waals surface area contributed by atoms with Gasteiger partial charge in [-0.05, 0) is 159 Å². The molecule has 4 saturated heterocycles. The Hall–Kier alpha value is -4.60. The van der Waals surface area contributed by atoms with Crippen molar-refractivity contribution in [2.24, 2.45) is 34.7 Å². The minimum absolute atomic E-state index is 0. The zero-order chi connectivity index (χ0) is 60.1. The van der Waals surface area contributed by atoms with Crippen molar-refractivity contribution in [3.8, 4) is 0 Å². The van der Waals surface area contributed by atoms with E-state index in [1.54, 1.807) is 13.8 Å². The number of rotatable bonds is 15. The van der Waals surface area contributed by atoms with E-state index in [-0.39, 0.29) is 121 Å². The third-order valence-corrected chi connectivity index (χ3v) is 19.9. The number of carboxylic acids is 1. The number of hydrogen-bond donors (Lipinski definition) is 1. The molecule has 87 heavy (non-hydrogen) atoms. The largest absolute Gasteiger partial charge is 1.00 e. The summed E-state index contributed by atoms with van der Waals surface area (Å²) >= 11 is 0. The van der Waals surface area contributed by atoms with Crippen molar-refractivity contribution in [3.63, 3.8) is 0 Å². The number of hydrogen-bond acceptors (Lipinski definition) is 17. The summed E-state index contributed by atoms with van der Waals surface area (Å²) in [5.74, 6) is 5.78. The van der Waals surface area contributed by atoms with Gasteiger partial charge in [-0.25, -0.2) is 15.9 Å². The molecule has 12 rings (SSSR count). The molecule has 2 aromatic heterocycles. The number of ether oxygens (including phenoxy) is 2. The van der Waals surface area contributed by atoms with Crippen molar-refractivity contribution in [2.45, 2.75) is 236 Å². The van der Waals surface area contributed by atoms with E-state index in [0.717, 1.165) is 72.8 Å². The first-order chi connectivity index (χ1) is 41.2. The summed E-state index contributed by atoms with van der Waals surface area (Å²) < 4.78 is 14.0. The predicted octanol–water partition coefficient (Wildman–Crippen LogP) is 6.75. The summed E-state index contributed by atoms with van der Waals surface area (Å²) in [7, 11) is 2.86. The van der Waals surface area contributed by atoms with Gasteiger partial charge in [0.1, 0.15) is 12.8 Å². The number of nitrogens with two attached hydrogens (primary N) is 1.